The van der Waals surface area contributed by atoms with Crippen LogP contribution < -0.4 is 5.01 Å². The summed E-state index contributed by atoms with van der Waals surface area (Å²) >= 11 is 12.4. The van der Waals surface area contributed by atoms with Gasteiger partial charge in [0, 0.05) is 16.5 Å². The fourth-order valence-electron chi connectivity index (χ4n) is 3.38. The molecule has 0 saturated heterocycles. The molecule has 0 aromatic heterocycles. The predicted molar refractivity (Wildman–Crippen MR) is 111 cm³/mol. The molecule has 0 radical (unpaired) electrons. The van der Waals surface area contributed by atoms with E-state index in [9.17, 15) is 13.2 Å². The highest BCUT2D eigenvalue weighted by Crippen LogP contribution is 2.41. The molecule has 0 fully saturated rings. The molecule has 3 aromatic carbocycles. The van der Waals surface area contributed by atoms with Crippen molar-refractivity contribution < 1.29 is 13.2 Å². The lowest BCUT2D eigenvalue weighted by atomic mass is 9.98. The monoisotopic (exact) mass is 434 g/mol. The van der Waals surface area contributed by atoms with E-state index >= 15 is 0 Å². The minimum atomic E-state index is -4.43. The zero-order chi connectivity index (χ0) is 20.6. The van der Waals surface area contributed by atoms with Crippen molar-refractivity contribution in [3.05, 3.63) is 99.5 Å². The first-order chi connectivity index (χ1) is 13.8. The molecule has 148 valence electrons. The topological polar surface area (TPSA) is 15.6 Å². The Bertz CT molecular complexity index is 1060. The van der Waals surface area contributed by atoms with Gasteiger partial charge >= 0.3 is 6.18 Å². The molecule has 0 bridgehead atoms. The quantitative estimate of drug-likeness (QED) is 0.420. The molecule has 0 amide bonds. The van der Waals surface area contributed by atoms with Crippen molar-refractivity contribution in [2.45, 2.75) is 18.6 Å². The standard InChI is InChI=1S/C22H15Cl2F3N2/c23-16-10-8-14(9-11-16)20-13-21(18-6-1-2-7-19(18)24)29(28-20)17-5-3-4-15(12-17)22(25,26)27/h1-12,21H,13H2/t21-/m0/s1. The Morgan fingerprint density at radius 1 is 0.897 bits per heavy atom. The zero-order valence-corrected chi connectivity index (χ0v) is 16.5. The van der Waals surface area contributed by atoms with Crippen LogP contribution in [0.3, 0.4) is 0 Å². The van der Waals surface area contributed by atoms with Crippen LogP contribution in [0.2, 0.25) is 10.0 Å². The second-order valence-corrected chi connectivity index (χ2v) is 7.53. The second-order valence-electron chi connectivity index (χ2n) is 6.69. The van der Waals surface area contributed by atoms with E-state index in [0.29, 0.717) is 22.2 Å². The van der Waals surface area contributed by atoms with Crippen molar-refractivity contribution in [2.24, 2.45) is 5.10 Å². The summed E-state index contributed by atoms with van der Waals surface area (Å²) in [6, 6.07) is 19.4. The summed E-state index contributed by atoms with van der Waals surface area (Å²) < 4.78 is 39.7. The van der Waals surface area contributed by atoms with Gasteiger partial charge in [-0.2, -0.15) is 18.3 Å². The number of hydrogen-bond donors (Lipinski definition) is 0. The predicted octanol–water partition coefficient (Wildman–Crippen LogP) is 7.37. The van der Waals surface area contributed by atoms with Gasteiger partial charge in [0.1, 0.15) is 0 Å². The first-order valence-corrected chi connectivity index (χ1v) is 9.63. The highest BCUT2D eigenvalue weighted by molar-refractivity contribution is 6.31. The molecule has 0 N–H and O–H groups in total. The third kappa shape index (κ3) is 4.11. The van der Waals surface area contributed by atoms with Gasteiger partial charge in [-0.25, -0.2) is 0 Å². The van der Waals surface area contributed by atoms with E-state index in [2.05, 4.69) is 5.10 Å². The summed E-state index contributed by atoms with van der Waals surface area (Å²) in [5.74, 6) is 0. The number of benzene rings is 3. The lowest BCUT2D eigenvalue weighted by Crippen LogP contribution is -2.19. The van der Waals surface area contributed by atoms with Crippen LogP contribution >= 0.6 is 23.2 Å². The molecule has 1 heterocycles. The van der Waals surface area contributed by atoms with Crippen LogP contribution in [-0.2, 0) is 6.18 Å². The Labute approximate surface area is 176 Å². The smallest absolute Gasteiger partial charge is 0.257 e. The molecular weight excluding hydrogens is 420 g/mol. The Hall–Kier alpha value is -2.50. The molecule has 4 rings (SSSR count). The van der Waals surface area contributed by atoms with Crippen molar-refractivity contribution in [3.63, 3.8) is 0 Å². The number of hydrazone groups is 1. The first kappa shape index (κ1) is 19.8. The maximum Gasteiger partial charge on any atom is 0.416 e. The summed E-state index contributed by atoms with van der Waals surface area (Å²) in [7, 11) is 0. The van der Waals surface area contributed by atoms with Gasteiger partial charge in [0.05, 0.1) is 23.0 Å². The van der Waals surface area contributed by atoms with E-state index in [-0.39, 0.29) is 6.04 Å². The van der Waals surface area contributed by atoms with Gasteiger partial charge in [-0.05, 0) is 47.5 Å². The maximum atomic E-state index is 13.2. The highest BCUT2D eigenvalue weighted by Gasteiger charge is 2.34. The van der Waals surface area contributed by atoms with Gasteiger partial charge in [-0.3, -0.25) is 5.01 Å². The van der Waals surface area contributed by atoms with Crippen LogP contribution in [0.5, 0.6) is 0 Å². The summed E-state index contributed by atoms with van der Waals surface area (Å²) in [6.07, 6.45) is -3.93. The Morgan fingerprint density at radius 2 is 1.62 bits per heavy atom. The Morgan fingerprint density at radius 3 is 2.31 bits per heavy atom. The second kappa shape index (κ2) is 7.73. The summed E-state index contributed by atoms with van der Waals surface area (Å²) in [5, 5.41) is 7.42. The van der Waals surface area contributed by atoms with Gasteiger partial charge in [-0.15, -0.1) is 0 Å². The number of rotatable bonds is 3. The normalized spacial score (nSPS) is 16.8. The van der Waals surface area contributed by atoms with Gasteiger partial charge < -0.3 is 0 Å². The number of halogens is 5. The zero-order valence-electron chi connectivity index (χ0n) is 15.0. The van der Waals surface area contributed by atoms with Gasteiger partial charge in [-0.1, -0.05) is 59.6 Å². The molecule has 1 atom stereocenters. The molecule has 7 heteroatoms. The van der Waals surface area contributed by atoms with Gasteiger partial charge in [0.2, 0.25) is 0 Å². The van der Waals surface area contributed by atoms with Crippen LogP contribution in [0.1, 0.15) is 29.2 Å². The molecule has 1 aliphatic rings. The Balaban J connectivity index is 1.80. The van der Waals surface area contributed by atoms with Crippen molar-refractivity contribution in [1.29, 1.82) is 0 Å². The molecule has 3 aromatic rings. The fraction of sp³-hybridized carbons (Fsp3) is 0.136. The lowest BCUT2D eigenvalue weighted by molar-refractivity contribution is -0.137. The van der Waals surface area contributed by atoms with Crippen LogP contribution in [-0.4, -0.2) is 5.71 Å². The van der Waals surface area contributed by atoms with E-state index in [1.165, 1.54) is 6.07 Å². The SMILES string of the molecule is FC(F)(F)c1cccc(N2N=C(c3ccc(Cl)cc3)C[C@H]2c2ccccc2Cl)c1. The maximum absolute atomic E-state index is 13.2. The molecular formula is C22H15Cl2F3N2. The average molecular weight is 435 g/mol. The van der Waals surface area contributed by atoms with Gasteiger partial charge in [0.25, 0.3) is 0 Å². The molecule has 0 unspecified atom stereocenters. The molecule has 0 saturated carbocycles. The number of alkyl halides is 3. The van der Waals surface area contributed by atoms with Crippen LogP contribution in [0.4, 0.5) is 18.9 Å². The van der Waals surface area contributed by atoms with Crippen molar-refractivity contribution >= 4 is 34.6 Å². The molecule has 29 heavy (non-hydrogen) atoms. The molecule has 0 spiro atoms. The number of anilines is 1. The molecule has 0 aliphatic carbocycles. The van der Waals surface area contributed by atoms with Crippen molar-refractivity contribution in [1.82, 2.24) is 0 Å². The summed E-state index contributed by atoms with van der Waals surface area (Å²) in [6.45, 7) is 0. The number of hydrogen-bond acceptors (Lipinski definition) is 2. The average Bonchev–Trinajstić information content (AvgIpc) is 3.13. The van der Waals surface area contributed by atoms with Crippen LogP contribution in [0, 0.1) is 0 Å². The third-order valence-corrected chi connectivity index (χ3v) is 5.39. The first-order valence-electron chi connectivity index (χ1n) is 8.87. The lowest BCUT2D eigenvalue weighted by Gasteiger charge is -2.25. The van der Waals surface area contributed by atoms with Crippen LogP contribution in [0.25, 0.3) is 0 Å². The van der Waals surface area contributed by atoms with E-state index < -0.39 is 11.7 Å². The van der Waals surface area contributed by atoms with Crippen molar-refractivity contribution in [2.75, 3.05) is 5.01 Å². The van der Waals surface area contributed by atoms with Crippen LogP contribution in [0.15, 0.2) is 77.9 Å². The minimum absolute atomic E-state index is 0.321. The van der Waals surface area contributed by atoms with Gasteiger partial charge in [0.15, 0.2) is 0 Å². The molecule has 1 aliphatic heterocycles. The van der Waals surface area contributed by atoms with E-state index in [0.717, 1.165) is 29.0 Å². The van der Waals surface area contributed by atoms with E-state index in [4.69, 9.17) is 23.2 Å². The number of nitrogens with zero attached hydrogens (tertiary/aromatic N) is 2. The summed E-state index contributed by atoms with van der Waals surface area (Å²) in [4.78, 5) is 0. The molecule has 2 nitrogen and oxygen atoms in total. The Kier molecular flexibility index (Phi) is 5.28. The van der Waals surface area contributed by atoms with E-state index in [1.54, 1.807) is 29.3 Å². The minimum Gasteiger partial charge on any atom is -0.257 e. The third-order valence-electron chi connectivity index (χ3n) is 4.79. The fourth-order valence-corrected chi connectivity index (χ4v) is 3.77. The largest absolute Gasteiger partial charge is 0.416 e. The van der Waals surface area contributed by atoms with E-state index in [1.807, 2.05) is 30.3 Å². The van der Waals surface area contributed by atoms with Crippen molar-refractivity contribution in [3.8, 4) is 0 Å². The summed E-state index contributed by atoms with van der Waals surface area (Å²) in [5.41, 5.74) is 2.06. The highest BCUT2D eigenvalue weighted by atomic mass is 35.5.